The Hall–Kier alpha value is -1.33. The molecule has 1 N–H and O–H groups in total. The van der Waals surface area contributed by atoms with Gasteiger partial charge in [0.05, 0.1) is 0 Å². The van der Waals surface area contributed by atoms with Gasteiger partial charge in [0, 0.05) is 17.3 Å². The lowest BCUT2D eigenvalue weighted by atomic mass is 10.0. The SMILES string of the molecule is CNC(Cc1cccs1)c1cc(F)c(F)c(F)c1. The Labute approximate surface area is 107 Å². The Balaban J connectivity index is 2.27. The van der Waals surface area contributed by atoms with Crippen molar-refractivity contribution in [3.05, 3.63) is 57.5 Å². The highest BCUT2D eigenvalue weighted by Gasteiger charge is 2.16. The molecule has 2 aromatic rings. The van der Waals surface area contributed by atoms with Gasteiger partial charge in [0.15, 0.2) is 17.5 Å². The smallest absolute Gasteiger partial charge is 0.194 e. The minimum absolute atomic E-state index is 0.242. The molecular formula is C13H12F3NS. The Morgan fingerprint density at radius 2 is 1.89 bits per heavy atom. The normalized spacial score (nSPS) is 12.7. The molecule has 1 aromatic carbocycles. The van der Waals surface area contributed by atoms with Crippen molar-refractivity contribution in [1.82, 2.24) is 5.32 Å². The third-order valence-corrected chi connectivity index (χ3v) is 3.64. The summed E-state index contributed by atoms with van der Waals surface area (Å²) in [5, 5.41) is 4.92. The van der Waals surface area contributed by atoms with Gasteiger partial charge in [-0.15, -0.1) is 11.3 Å². The van der Waals surface area contributed by atoms with E-state index in [9.17, 15) is 13.2 Å². The first kappa shape index (κ1) is 13.1. The molecule has 0 spiro atoms. The number of thiophene rings is 1. The molecular weight excluding hydrogens is 259 g/mol. The molecule has 0 saturated carbocycles. The van der Waals surface area contributed by atoms with Crippen molar-refractivity contribution in [3.63, 3.8) is 0 Å². The maximum absolute atomic E-state index is 13.2. The number of hydrogen-bond acceptors (Lipinski definition) is 2. The van der Waals surface area contributed by atoms with Crippen LogP contribution in [0.4, 0.5) is 13.2 Å². The summed E-state index contributed by atoms with van der Waals surface area (Å²) in [5.41, 5.74) is 0.405. The van der Waals surface area contributed by atoms with Gasteiger partial charge in [-0.2, -0.15) is 0 Å². The van der Waals surface area contributed by atoms with E-state index in [2.05, 4.69) is 5.32 Å². The van der Waals surface area contributed by atoms with Crippen molar-refractivity contribution in [3.8, 4) is 0 Å². The first-order chi connectivity index (χ1) is 8.61. The van der Waals surface area contributed by atoms with Gasteiger partial charge in [-0.05, 0) is 36.2 Å². The lowest BCUT2D eigenvalue weighted by Gasteiger charge is -2.16. The molecule has 0 saturated heterocycles. The van der Waals surface area contributed by atoms with E-state index < -0.39 is 17.5 Å². The summed E-state index contributed by atoms with van der Waals surface area (Å²) < 4.78 is 39.2. The van der Waals surface area contributed by atoms with Gasteiger partial charge in [0.1, 0.15) is 0 Å². The fourth-order valence-electron chi connectivity index (χ4n) is 1.79. The molecule has 0 bridgehead atoms. The Kier molecular flexibility index (Phi) is 4.04. The van der Waals surface area contributed by atoms with Crippen molar-refractivity contribution in [2.75, 3.05) is 7.05 Å². The fraction of sp³-hybridized carbons (Fsp3) is 0.231. The molecule has 18 heavy (non-hydrogen) atoms. The van der Waals surface area contributed by atoms with Crippen LogP contribution in [0.1, 0.15) is 16.5 Å². The molecule has 1 unspecified atom stereocenters. The van der Waals surface area contributed by atoms with Crippen LogP contribution in [0.5, 0.6) is 0 Å². The lowest BCUT2D eigenvalue weighted by Crippen LogP contribution is -2.19. The van der Waals surface area contributed by atoms with E-state index in [-0.39, 0.29) is 6.04 Å². The van der Waals surface area contributed by atoms with Crippen LogP contribution in [0.15, 0.2) is 29.6 Å². The van der Waals surface area contributed by atoms with Crippen molar-refractivity contribution in [2.45, 2.75) is 12.5 Å². The number of halogens is 3. The van der Waals surface area contributed by atoms with Gasteiger partial charge in [-0.25, -0.2) is 13.2 Å². The van der Waals surface area contributed by atoms with E-state index in [0.717, 1.165) is 17.0 Å². The molecule has 1 nitrogen and oxygen atoms in total. The zero-order valence-electron chi connectivity index (χ0n) is 9.71. The summed E-state index contributed by atoms with van der Waals surface area (Å²) in [5.74, 6) is -3.74. The molecule has 0 aliphatic heterocycles. The Morgan fingerprint density at radius 1 is 1.22 bits per heavy atom. The molecule has 1 heterocycles. The second-order valence-corrected chi connectivity index (χ2v) is 4.96. The first-order valence-corrected chi connectivity index (χ1v) is 6.34. The molecule has 96 valence electrons. The summed E-state index contributed by atoms with van der Waals surface area (Å²) in [7, 11) is 1.71. The van der Waals surface area contributed by atoms with Gasteiger partial charge < -0.3 is 5.32 Å². The third-order valence-electron chi connectivity index (χ3n) is 2.74. The largest absolute Gasteiger partial charge is 0.313 e. The predicted octanol–water partition coefficient (Wildman–Crippen LogP) is 3.67. The van der Waals surface area contributed by atoms with Gasteiger partial charge >= 0.3 is 0 Å². The van der Waals surface area contributed by atoms with Crippen LogP contribution in [0.25, 0.3) is 0 Å². The van der Waals surface area contributed by atoms with Gasteiger partial charge in [-0.1, -0.05) is 6.07 Å². The average Bonchev–Trinajstić information content (AvgIpc) is 2.85. The standard InChI is InChI=1S/C13H12F3NS/c1-17-12(7-9-3-2-4-18-9)8-5-10(14)13(16)11(15)6-8/h2-6,12,17H,7H2,1H3. The molecule has 1 aromatic heterocycles. The highest BCUT2D eigenvalue weighted by atomic mass is 32.1. The highest BCUT2D eigenvalue weighted by molar-refractivity contribution is 7.09. The Morgan fingerprint density at radius 3 is 2.39 bits per heavy atom. The summed E-state index contributed by atoms with van der Waals surface area (Å²) in [6.45, 7) is 0. The van der Waals surface area contributed by atoms with Crippen molar-refractivity contribution < 1.29 is 13.2 Å². The van der Waals surface area contributed by atoms with Crippen molar-refractivity contribution in [2.24, 2.45) is 0 Å². The van der Waals surface area contributed by atoms with Gasteiger partial charge in [0.25, 0.3) is 0 Å². The second-order valence-electron chi connectivity index (χ2n) is 3.92. The van der Waals surface area contributed by atoms with E-state index >= 15 is 0 Å². The summed E-state index contributed by atoms with van der Waals surface area (Å²) >= 11 is 1.57. The number of hydrogen-bond donors (Lipinski definition) is 1. The number of likely N-dealkylation sites (N-methyl/N-ethyl adjacent to an activating group) is 1. The highest BCUT2D eigenvalue weighted by Crippen LogP contribution is 2.24. The minimum atomic E-state index is -1.43. The van der Waals surface area contributed by atoms with Crippen molar-refractivity contribution >= 4 is 11.3 Å². The Bertz CT molecular complexity index is 502. The molecule has 0 aliphatic rings. The molecule has 0 radical (unpaired) electrons. The summed E-state index contributed by atoms with van der Waals surface area (Å²) in [4.78, 5) is 1.10. The third kappa shape index (κ3) is 2.73. The average molecular weight is 271 g/mol. The van der Waals surface area contributed by atoms with Crippen LogP contribution in [0.2, 0.25) is 0 Å². The first-order valence-electron chi connectivity index (χ1n) is 5.46. The van der Waals surface area contributed by atoms with Gasteiger partial charge in [-0.3, -0.25) is 0 Å². The summed E-state index contributed by atoms with van der Waals surface area (Å²) in [6, 6.07) is 5.69. The van der Waals surface area contributed by atoms with E-state index in [0.29, 0.717) is 12.0 Å². The van der Waals surface area contributed by atoms with Crippen molar-refractivity contribution in [1.29, 1.82) is 0 Å². The minimum Gasteiger partial charge on any atom is -0.313 e. The van der Waals surface area contributed by atoms with E-state index in [1.165, 1.54) is 0 Å². The number of nitrogens with one attached hydrogen (secondary N) is 1. The molecule has 0 fully saturated rings. The van der Waals surface area contributed by atoms with Crippen LogP contribution in [-0.2, 0) is 6.42 Å². The quantitative estimate of drug-likeness (QED) is 0.837. The van der Waals surface area contributed by atoms with Crippen LogP contribution < -0.4 is 5.32 Å². The maximum Gasteiger partial charge on any atom is 0.194 e. The predicted molar refractivity (Wildman–Crippen MR) is 66.1 cm³/mol. The summed E-state index contributed by atoms with van der Waals surface area (Å²) in [6.07, 6.45) is 0.610. The van der Waals surface area contributed by atoms with E-state index in [1.54, 1.807) is 18.4 Å². The van der Waals surface area contributed by atoms with Crippen LogP contribution >= 0.6 is 11.3 Å². The molecule has 2 rings (SSSR count). The van der Waals surface area contributed by atoms with E-state index in [4.69, 9.17) is 0 Å². The zero-order valence-corrected chi connectivity index (χ0v) is 10.5. The zero-order chi connectivity index (χ0) is 13.1. The monoisotopic (exact) mass is 271 g/mol. The molecule has 0 amide bonds. The lowest BCUT2D eigenvalue weighted by molar-refractivity contribution is 0.441. The maximum atomic E-state index is 13.2. The van der Waals surface area contributed by atoms with E-state index in [1.807, 2.05) is 17.5 Å². The topological polar surface area (TPSA) is 12.0 Å². The van der Waals surface area contributed by atoms with Gasteiger partial charge in [0.2, 0.25) is 0 Å². The molecule has 0 aliphatic carbocycles. The second kappa shape index (κ2) is 5.54. The van der Waals surface area contributed by atoms with Crippen LogP contribution in [0, 0.1) is 17.5 Å². The number of rotatable bonds is 4. The molecule has 5 heteroatoms. The van der Waals surface area contributed by atoms with Crippen LogP contribution in [0.3, 0.4) is 0 Å². The fourth-order valence-corrected chi connectivity index (χ4v) is 2.54. The number of benzene rings is 1. The molecule has 1 atom stereocenters. The van der Waals surface area contributed by atoms with Crippen LogP contribution in [-0.4, -0.2) is 7.05 Å².